The van der Waals surface area contributed by atoms with Gasteiger partial charge < -0.3 is 19.9 Å². The van der Waals surface area contributed by atoms with Gasteiger partial charge in [0, 0.05) is 45.3 Å². The van der Waals surface area contributed by atoms with Crippen LogP contribution in [0.4, 0.5) is 4.79 Å². The number of para-hydroxylation sites is 1. The number of hydrogen-bond donors (Lipinski definition) is 1. The first kappa shape index (κ1) is 19.5. The Morgan fingerprint density at radius 1 is 1.36 bits per heavy atom. The van der Waals surface area contributed by atoms with Crippen molar-refractivity contribution in [2.75, 3.05) is 54.4 Å². The van der Waals surface area contributed by atoms with E-state index < -0.39 is 0 Å². The zero-order valence-corrected chi connectivity index (χ0v) is 16.2. The maximum absolute atomic E-state index is 12.5. The van der Waals surface area contributed by atoms with Gasteiger partial charge in [0.1, 0.15) is 5.75 Å². The Hall–Kier alpha value is -1.79. The van der Waals surface area contributed by atoms with Crippen molar-refractivity contribution in [3.8, 4) is 5.75 Å². The minimum absolute atomic E-state index is 0.0241. The van der Waals surface area contributed by atoms with Gasteiger partial charge in [0.25, 0.3) is 0 Å². The summed E-state index contributed by atoms with van der Waals surface area (Å²) in [6, 6.07) is 8.39. The summed E-state index contributed by atoms with van der Waals surface area (Å²) in [5.74, 6) is 0.870. The van der Waals surface area contributed by atoms with Gasteiger partial charge in [0.05, 0.1) is 7.11 Å². The standard InChI is InChI=1S/C19H32N4O2/c1-15(12-16-8-6-7-9-18(16)25-5)23(4)19(24)20-13-17-14-21(2)10-11-22(17)3/h6-9,15,17H,10-14H2,1-5H3,(H,20,24)/t15-,17+/m0/s1. The van der Waals surface area contributed by atoms with Crippen LogP contribution in [-0.4, -0.2) is 87.2 Å². The van der Waals surface area contributed by atoms with Gasteiger partial charge in [0.15, 0.2) is 0 Å². The summed E-state index contributed by atoms with van der Waals surface area (Å²) < 4.78 is 5.41. The molecule has 0 aliphatic carbocycles. The summed E-state index contributed by atoms with van der Waals surface area (Å²) in [6.07, 6.45) is 0.764. The molecule has 1 saturated heterocycles. The zero-order chi connectivity index (χ0) is 18.4. The van der Waals surface area contributed by atoms with E-state index in [-0.39, 0.29) is 12.1 Å². The minimum Gasteiger partial charge on any atom is -0.496 e. The minimum atomic E-state index is -0.0241. The van der Waals surface area contributed by atoms with E-state index in [2.05, 4.69) is 36.1 Å². The molecule has 2 atom stereocenters. The van der Waals surface area contributed by atoms with Crippen LogP contribution < -0.4 is 10.1 Å². The average molecular weight is 348 g/mol. The van der Waals surface area contributed by atoms with Crippen molar-refractivity contribution >= 4 is 6.03 Å². The number of ether oxygens (including phenoxy) is 1. The second kappa shape index (κ2) is 9.06. The summed E-state index contributed by atoms with van der Waals surface area (Å²) in [5.41, 5.74) is 1.12. The largest absolute Gasteiger partial charge is 0.496 e. The summed E-state index contributed by atoms with van der Waals surface area (Å²) in [6.45, 7) is 5.84. The van der Waals surface area contributed by atoms with Crippen molar-refractivity contribution in [3.05, 3.63) is 29.8 Å². The molecule has 1 heterocycles. The number of amides is 2. The Balaban J connectivity index is 1.86. The molecule has 1 aromatic carbocycles. The highest BCUT2D eigenvalue weighted by molar-refractivity contribution is 5.74. The van der Waals surface area contributed by atoms with E-state index in [1.807, 2.05) is 31.3 Å². The molecule has 0 unspecified atom stereocenters. The van der Waals surface area contributed by atoms with E-state index in [1.54, 1.807) is 12.0 Å². The van der Waals surface area contributed by atoms with E-state index >= 15 is 0 Å². The molecule has 0 aromatic heterocycles. The van der Waals surface area contributed by atoms with Gasteiger partial charge >= 0.3 is 6.03 Å². The number of nitrogens with one attached hydrogen (secondary N) is 1. The van der Waals surface area contributed by atoms with Crippen LogP contribution in [0.1, 0.15) is 12.5 Å². The predicted octanol–water partition coefficient (Wildman–Crippen LogP) is 1.51. The smallest absolute Gasteiger partial charge is 0.317 e. The first-order valence-corrected chi connectivity index (χ1v) is 8.93. The summed E-state index contributed by atoms with van der Waals surface area (Å²) >= 11 is 0. The monoisotopic (exact) mass is 348 g/mol. The molecule has 140 valence electrons. The molecule has 1 aromatic rings. The van der Waals surface area contributed by atoms with E-state index in [4.69, 9.17) is 4.74 Å². The van der Waals surface area contributed by atoms with Crippen molar-refractivity contribution in [3.63, 3.8) is 0 Å². The Labute approximate surface area is 151 Å². The number of benzene rings is 1. The lowest BCUT2D eigenvalue weighted by molar-refractivity contribution is 0.112. The predicted molar refractivity (Wildman–Crippen MR) is 101 cm³/mol. The number of urea groups is 1. The Morgan fingerprint density at radius 2 is 2.08 bits per heavy atom. The number of carbonyl (C=O) groups is 1. The molecule has 2 rings (SSSR count). The van der Waals surface area contributed by atoms with Crippen molar-refractivity contribution in [1.29, 1.82) is 0 Å². The first-order valence-electron chi connectivity index (χ1n) is 8.93. The van der Waals surface area contributed by atoms with Crippen molar-refractivity contribution in [1.82, 2.24) is 20.0 Å². The second-order valence-electron chi connectivity index (χ2n) is 7.06. The van der Waals surface area contributed by atoms with Crippen LogP contribution >= 0.6 is 0 Å². The van der Waals surface area contributed by atoms with Gasteiger partial charge in [0.2, 0.25) is 0 Å². The highest BCUT2D eigenvalue weighted by atomic mass is 16.5. The maximum Gasteiger partial charge on any atom is 0.317 e. The first-order chi connectivity index (χ1) is 11.9. The quantitative estimate of drug-likeness (QED) is 0.847. The highest BCUT2D eigenvalue weighted by Gasteiger charge is 2.24. The lowest BCUT2D eigenvalue weighted by Crippen LogP contribution is -2.55. The maximum atomic E-state index is 12.5. The normalized spacial score (nSPS) is 20.1. The number of piperazine rings is 1. The van der Waals surface area contributed by atoms with Crippen LogP contribution in [0.3, 0.4) is 0 Å². The molecule has 1 N–H and O–H groups in total. The van der Waals surface area contributed by atoms with Gasteiger partial charge in [-0.1, -0.05) is 18.2 Å². The SMILES string of the molecule is COc1ccccc1C[C@H](C)N(C)C(=O)NC[C@@H]1CN(C)CCN1C. The van der Waals surface area contributed by atoms with Gasteiger partial charge in [-0.15, -0.1) is 0 Å². The third-order valence-electron chi connectivity index (χ3n) is 5.16. The molecular formula is C19H32N4O2. The van der Waals surface area contributed by atoms with Crippen molar-refractivity contribution < 1.29 is 9.53 Å². The Morgan fingerprint density at radius 3 is 2.80 bits per heavy atom. The van der Waals surface area contributed by atoms with Crippen molar-refractivity contribution in [2.45, 2.75) is 25.4 Å². The molecule has 0 saturated carbocycles. The third kappa shape index (κ3) is 5.34. The van der Waals surface area contributed by atoms with Crippen molar-refractivity contribution in [2.24, 2.45) is 0 Å². The van der Waals surface area contributed by atoms with Crippen LogP contribution in [0.15, 0.2) is 24.3 Å². The highest BCUT2D eigenvalue weighted by Crippen LogP contribution is 2.20. The van der Waals surface area contributed by atoms with Gasteiger partial charge in [-0.2, -0.15) is 0 Å². The molecular weight excluding hydrogens is 316 g/mol. The molecule has 25 heavy (non-hydrogen) atoms. The molecule has 0 radical (unpaired) electrons. The number of methoxy groups -OCH3 is 1. The fourth-order valence-electron chi connectivity index (χ4n) is 3.18. The van der Waals surface area contributed by atoms with E-state index in [1.165, 1.54) is 0 Å². The molecule has 1 aliphatic heterocycles. The van der Waals surface area contributed by atoms with Crippen LogP contribution in [0.25, 0.3) is 0 Å². The molecule has 1 fully saturated rings. The number of likely N-dealkylation sites (N-methyl/N-ethyl adjacent to an activating group) is 3. The fraction of sp³-hybridized carbons (Fsp3) is 0.632. The van der Waals surface area contributed by atoms with Crippen LogP contribution in [-0.2, 0) is 6.42 Å². The number of carbonyl (C=O) groups excluding carboxylic acids is 1. The number of nitrogens with zero attached hydrogens (tertiary/aromatic N) is 3. The Kier molecular flexibility index (Phi) is 7.08. The number of rotatable bonds is 6. The molecule has 0 spiro atoms. The lowest BCUT2D eigenvalue weighted by Gasteiger charge is -2.38. The third-order valence-corrected chi connectivity index (χ3v) is 5.16. The summed E-state index contributed by atoms with van der Waals surface area (Å²) in [7, 11) is 7.78. The van der Waals surface area contributed by atoms with Gasteiger partial charge in [-0.25, -0.2) is 4.79 Å². The Bertz CT molecular complexity index is 566. The number of hydrogen-bond acceptors (Lipinski definition) is 4. The van der Waals surface area contributed by atoms with E-state index in [0.717, 1.165) is 37.4 Å². The molecule has 0 bridgehead atoms. The molecule has 6 heteroatoms. The molecule has 1 aliphatic rings. The second-order valence-corrected chi connectivity index (χ2v) is 7.06. The topological polar surface area (TPSA) is 48.1 Å². The van der Waals surface area contributed by atoms with Gasteiger partial charge in [-0.3, -0.25) is 4.90 Å². The summed E-state index contributed by atoms with van der Waals surface area (Å²) in [4.78, 5) is 18.9. The zero-order valence-electron chi connectivity index (χ0n) is 16.2. The van der Waals surface area contributed by atoms with E-state index in [9.17, 15) is 4.79 Å². The average Bonchev–Trinajstić information content (AvgIpc) is 2.61. The van der Waals surface area contributed by atoms with Crippen LogP contribution in [0.2, 0.25) is 0 Å². The van der Waals surface area contributed by atoms with E-state index in [0.29, 0.717) is 12.6 Å². The molecule has 2 amide bonds. The summed E-state index contributed by atoms with van der Waals surface area (Å²) in [5, 5.41) is 3.09. The van der Waals surface area contributed by atoms with Gasteiger partial charge in [-0.05, 0) is 39.1 Å². The lowest BCUT2D eigenvalue weighted by atomic mass is 10.1. The van der Waals surface area contributed by atoms with Crippen LogP contribution in [0, 0.1) is 0 Å². The van der Waals surface area contributed by atoms with Crippen LogP contribution in [0.5, 0.6) is 5.75 Å². The molecule has 6 nitrogen and oxygen atoms in total. The fourth-order valence-corrected chi connectivity index (χ4v) is 3.18.